The lowest BCUT2D eigenvalue weighted by molar-refractivity contribution is 0.661. The Bertz CT molecular complexity index is 4600. The second kappa shape index (κ2) is 14.2. The fraction of sp³-hybridized carbons (Fsp3) is 0.0462. The summed E-state index contributed by atoms with van der Waals surface area (Å²) in [6, 6.07) is 76.0. The first-order valence-corrected chi connectivity index (χ1v) is 24.1. The van der Waals surface area contributed by atoms with Gasteiger partial charge < -0.3 is 18.3 Å². The summed E-state index contributed by atoms with van der Waals surface area (Å²) in [5.74, 6) is 0. The molecule has 0 bridgehead atoms. The smallest absolute Gasteiger partial charge is 0.237 e. The summed E-state index contributed by atoms with van der Waals surface area (Å²) in [4.78, 5) is 4.72. The Morgan fingerprint density at radius 2 is 0.718 bits per heavy atom. The van der Waals surface area contributed by atoms with Crippen molar-refractivity contribution in [1.29, 1.82) is 5.26 Å². The van der Waals surface area contributed by atoms with E-state index in [2.05, 4.69) is 244 Å². The molecule has 0 radical (unpaired) electrons. The standard InChI is InChI=1S/C65H40N6/c1-65(2)50-28-12-4-20-39(50)47-37-59-48(36-51(47)65)46-27-11-19-35-58(46)71(59)62-49(38-66)61(68-52-29-13-5-21-40(52)41-22-6-14-30-53(41)68)60(67-3)63(69-54-31-15-7-23-42(54)43-24-8-16-32-55(43)69)64(62)70-56-33-17-9-25-44(56)45-26-10-18-34-57(45)70/h4-37H,1-2H3. The van der Waals surface area contributed by atoms with E-state index in [0.717, 1.165) is 92.9 Å². The van der Waals surface area contributed by atoms with E-state index in [-0.39, 0.29) is 5.41 Å². The lowest BCUT2D eigenvalue weighted by atomic mass is 9.82. The summed E-state index contributed by atoms with van der Waals surface area (Å²) < 4.78 is 9.20. The molecule has 0 amide bonds. The Morgan fingerprint density at radius 3 is 1.14 bits per heavy atom. The van der Waals surface area contributed by atoms with Gasteiger partial charge in [0, 0.05) is 48.5 Å². The number of para-hydroxylation sites is 7. The van der Waals surface area contributed by atoms with Gasteiger partial charge in [-0.25, -0.2) is 4.85 Å². The molecule has 330 valence electrons. The van der Waals surface area contributed by atoms with Crippen LogP contribution in [0.5, 0.6) is 0 Å². The van der Waals surface area contributed by atoms with E-state index in [0.29, 0.717) is 28.3 Å². The third-order valence-electron chi connectivity index (χ3n) is 15.6. The fourth-order valence-electron chi connectivity index (χ4n) is 12.7. The van der Waals surface area contributed by atoms with Crippen LogP contribution < -0.4 is 0 Å². The van der Waals surface area contributed by atoms with E-state index < -0.39 is 0 Å². The van der Waals surface area contributed by atoms with Crippen LogP contribution in [0, 0.1) is 17.9 Å². The van der Waals surface area contributed by atoms with Crippen molar-refractivity contribution in [3.63, 3.8) is 0 Å². The molecule has 1 aliphatic rings. The zero-order valence-corrected chi connectivity index (χ0v) is 38.8. The van der Waals surface area contributed by atoms with Crippen LogP contribution in [-0.2, 0) is 5.41 Å². The molecule has 71 heavy (non-hydrogen) atoms. The van der Waals surface area contributed by atoms with Gasteiger partial charge in [0.05, 0.1) is 79.0 Å². The highest BCUT2D eigenvalue weighted by Gasteiger charge is 2.38. The average molecular weight is 905 g/mol. The molecular weight excluding hydrogens is 865 g/mol. The van der Waals surface area contributed by atoms with E-state index in [1.54, 1.807) is 0 Å². The molecule has 10 aromatic carbocycles. The van der Waals surface area contributed by atoms with Crippen molar-refractivity contribution < 1.29 is 0 Å². The van der Waals surface area contributed by atoms with Gasteiger partial charge in [-0.3, -0.25) is 0 Å². The largest absolute Gasteiger partial charge is 0.318 e. The molecule has 0 saturated heterocycles. The van der Waals surface area contributed by atoms with Crippen molar-refractivity contribution in [3.8, 4) is 39.9 Å². The number of fused-ring (bicyclic) bond motifs is 15. The van der Waals surface area contributed by atoms with Crippen molar-refractivity contribution in [2.24, 2.45) is 0 Å². The van der Waals surface area contributed by atoms with Crippen molar-refractivity contribution in [3.05, 3.63) is 234 Å². The van der Waals surface area contributed by atoms with E-state index >= 15 is 0 Å². The molecule has 4 aromatic heterocycles. The maximum Gasteiger partial charge on any atom is 0.237 e. The quantitative estimate of drug-likeness (QED) is 0.162. The number of hydrogen-bond acceptors (Lipinski definition) is 1. The van der Waals surface area contributed by atoms with Gasteiger partial charge in [-0.15, -0.1) is 0 Å². The first-order chi connectivity index (χ1) is 35.0. The normalized spacial score (nSPS) is 13.0. The summed E-state index contributed by atoms with van der Waals surface area (Å²) in [7, 11) is 0. The highest BCUT2D eigenvalue weighted by molar-refractivity contribution is 6.17. The van der Waals surface area contributed by atoms with E-state index in [9.17, 15) is 11.8 Å². The van der Waals surface area contributed by atoms with Crippen LogP contribution in [-0.4, -0.2) is 18.3 Å². The molecule has 6 nitrogen and oxygen atoms in total. The van der Waals surface area contributed by atoms with Crippen molar-refractivity contribution in [2.45, 2.75) is 19.3 Å². The molecule has 1 aliphatic carbocycles. The Kier molecular flexibility index (Phi) is 7.88. The average Bonchev–Trinajstić information content (AvgIpc) is 4.18. The van der Waals surface area contributed by atoms with Crippen molar-refractivity contribution in [1.82, 2.24) is 18.3 Å². The summed E-state index contributed by atoms with van der Waals surface area (Å²) in [6.07, 6.45) is 0. The maximum atomic E-state index is 12.5. The topological polar surface area (TPSA) is 47.9 Å². The van der Waals surface area contributed by atoms with Crippen LogP contribution in [0.2, 0.25) is 0 Å². The molecule has 0 saturated carbocycles. The Labute approximate surface area is 408 Å². The van der Waals surface area contributed by atoms with Gasteiger partial charge in [-0.2, -0.15) is 5.26 Å². The van der Waals surface area contributed by atoms with Crippen LogP contribution in [0.4, 0.5) is 5.69 Å². The minimum atomic E-state index is -0.236. The number of nitriles is 1. The lowest BCUT2D eigenvalue weighted by Crippen LogP contribution is -2.15. The molecular formula is C65H40N6. The molecule has 0 fully saturated rings. The van der Waals surface area contributed by atoms with Crippen LogP contribution in [0.1, 0.15) is 30.5 Å². The number of hydrogen-bond donors (Lipinski definition) is 0. The van der Waals surface area contributed by atoms with Crippen LogP contribution in [0.3, 0.4) is 0 Å². The molecule has 14 aromatic rings. The molecule has 0 atom stereocenters. The van der Waals surface area contributed by atoms with Gasteiger partial charge in [0.1, 0.15) is 6.07 Å². The van der Waals surface area contributed by atoms with Crippen LogP contribution in [0.25, 0.3) is 126 Å². The molecule has 0 aliphatic heterocycles. The monoisotopic (exact) mass is 904 g/mol. The summed E-state index contributed by atoms with van der Waals surface area (Å²) in [5.41, 5.74) is 15.8. The highest BCUT2D eigenvalue weighted by atomic mass is 15.1. The molecule has 6 heteroatoms. The second-order valence-electron chi connectivity index (χ2n) is 19.4. The summed E-state index contributed by atoms with van der Waals surface area (Å²) in [6.45, 7) is 14.3. The summed E-state index contributed by atoms with van der Waals surface area (Å²) in [5, 5.41) is 21.1. The first kappa shape index (κ1) is 39.4. The third kappa shape index (κ3) is 5.02. The van der Waals surface area contributed by atoms with Gasteiger partial charge >= 0.3 is 0 Å². The molecule has 0 unspecified atom stereocenters. The van der Waals surface area contributed by atoms with E-state index in [1.807, 2.05) is 0 Å². The minimum Gasteiger partial charge on any atom is -0.318 e. The van der Waals surface area contributed by atoms with Crippen molar-refractivity contribution >= 4 is 92.9 Å². The first-order valence-electron chi connectivity index (χ1n) is 24.1. The number of nitrogens with zero attached hydrogens (tertiary/aromatic N) is 6. The fourth-order valence-corrected chi connectivity index (χ4v) is 12.7. The van der Waals surface area contributed by atoms with E-state index in [4.69, 9.17) is 4.85 Å². The summed E-state index contributed by atoms with van der Waals surface area (Å²) >= 11 is 0. The van der Waals surface area contributed by atoms with Crippen molar-refractivity contribution in [2.75, 3.05) is 0 Å². The Balaban J connectivity index is 1.27. The number of rotatable bonds is 4. The van der Waals surface area contributed by atoms with Gasteiger partial charge in [-0.1, -0.05) is 166 Å². The molecule has 15 rings (SSSR count). The minimum absolute atomic E-state index is 0.236. The Morgan fingerprint density at radius 1 is 0.366 bits per heavy atom. The highest BCUT2D eigenvalue weighted by Crippen LogP contribution is 2.54. The van der Waals surface area contributed by atoms with Crippen LogP contribution >= 0.6 is 0 Å². The third-order valence-corrected chi connectivity index (χ3v) is 15.6. The Hall–Kier alpha value is -9.62. The van der Waals surface area contributed by atoms with Gasteiger partial charge in [0.25, 0.3) is 0 Å². The van der Waals surface area contributed by atoms with Gasteiger partial charge in [0.15, 0.2) is 0 Å². The second-order valence-corrected chi connectivity index (χ2v) is 19.4. The molecule has 0 N–H and O–H groups in total. The SMILES string of the molecule is [C-]#[N+]c1c(-n2c3ccccc3c3ccccc32)c(C#N)c(-n2c3ccccc3c3cc4c(cc32)-c2ccccc2C4(C)C)c(-n2c3ccccc3c3ccccc32)c1-n1c2ccccc2c2ccccc21. The van der Waals surface area contributed by atoms with Crippen LogP contribution in [0.15, 0.2) is 206 Å². The zero-order chi connectivity index (χ0) is 47.3. The van der Waals surface area contributed by atoms with Gasteiger partial charge in [-0.05, 0) is 76.9 Å². The number of aromatic nitrogens is 4. The zero-order valence-electron chi connectivity index (χ0n) is 38.8. The predicted molar refractivity (Wildman–Crippen MR) is 292 cm³/mol. The molecule has 0 spiro atoms. The molecule has 4 heterocycles. The lowest BCUT2D eigenvalue weighted by Gasteiger charge is -2.27. The van der Waals surface area contributed by atoms with E-state index in [1.165, 1.54) is 22.3 Å². The van der Waals surface area contributed by atoms with Gasteiger partial charge in [0.2, 0.25) is 5.69 Å². The predicted octanol–water partition coefficient (Wildman–Crippen LogP) is 16.8. The number of benzene rings is 10. The maximum absolute atomic E-state index is 12.5.